The van der Waals surface area contributed by atoms with E-state index in [1.54, 1.807) is 12.1 Å². The zero-order valence-corrected chi connectivity index (χ0v) is 9.97. The van der Waals surface area contributed by atoms with E-state index in [1.807, 2.05) is 13.0 Å². The average Bonchev–Trinajstić information content (AvgIpc) is 2.91. The van der Waals surface area contributed by atoms with Crippen molar-refractivity contribution >= 4 is 22.4 Å². The normalized spacial score (nSPS) is 17.2. The Kier molecular flexibility index (Phi) is 3.16. The molecule has 0 amide bonds. The lowest BCUT2D eigenvalue weighted by Crippen LogP contribution is -1.99. The summed E-state index contributed by atoms with van der Waals surface area (Å²) in [5.41, 5.74) is 12.3. The number of carbonyl (C=O) groups excluding carboxylic acids is 1. The molecule has 1 aliphatic carbocycles. The van der Waals surface area contributed by atoms with Crippen molar-refractivity contribution in [2.75, 3.05) is 5.73 Å². The zero-order valence-electron chi connectivity index (χ0n) is 9.97. The van der Waals surface area contributed by atoms with Crippen LogP contribution < -0.4 is 17.1 Å². The lowest BCUT2D eigenvalue weighted by molar-refractivity contribution is -0.110. The van der Waals surface area contributed by atoms with E-state index in [1.165, 1.54) is 6.07 Å². The lowest BCUT2D eigenvalue weighted by atomic mass is 10.1. The Bertz CT molecular complexity index is 661. The third-order valence-electron chi connectivity index (χ3n) is 2.65. The SMILES string of the molecule is Cc1cc(=O)oc2cc(N)ccc12.NC1CC1=O. The lowest BCUT2D eigenvalue weighted by Gasteiger charge is -2.00. The van der Waals surface area contributed by atoms with Crippen molar-refractivity contribution in [3.8, 4) is 0 Å². The first-order valence-corrected chi connectivity index (χ1v) is 5.55. The first-order valence-electron chi connectivity index (χ1n) is 5.55. The number of Topliss-reactive ketones (excluding diaryl/α,β-unsaturated/α-hetero) is 1. The number of rotatable bonds is 0. The van der Waals surface area contributed by atoms with Crippen molar-refractivity contribution in [2.45, 2.75) is 19.4 Å². The molecule has 0 radical (unpaired) electrons. The van der Waals surface area contributed by atoms with Crippen LogP contribution in [0.2, 0.25) is 0 Å². The van der Waals surface area contributed by atoms with Crippen LogP contribution in [0.5, 0.6) is 0 Å². The van der Waals surface area contributed by atoms with Gasteiger partial charge < -0.3 is 15.9 Å². The van der Waals surface area contributed by atoms with Crippen LogP contribution in [0.25, 0.3) is 11.0 Å². The molecular weight excluding hydrogens is 232 g/mol. The summed E-state index contributed by atoms with van der Waals surface area (Å²) in [5, 5.41) is 0.925. The topological polar surface area (TPSA) is 99.3 Å². The molecule has 1 unspecified atom stereocenters. The molecule has 1 atom stereocenters. The molecule has 94 valence electrons. The van der Waals surface area contributed by atoms with Crippen molar-refractivity contribution in [3.63, 3.8) is 0 Å². The molecule has 5 nitrogen and oxygen atoms in total. The van der Waals surface area contributed by atoms with E-state index in [9.17, 15) is 9.59 Å². The summed E-state index contributed by atoms with van der Waals surface area (Å²) in [4.78, 5) is 20.8. The minimum atomic E-state index is -0.337. The number of fused-ring (bicyclic) bond motifs is 1. The number of nitrogen functional groups attached to an aromatic ring is 1. The Labute approximate surface area is 103 Å². The Morgan fingerprint density at radius 2 is 1.89 bits per heavy atom. The summed E-state index contributed by atoms with van der Waals surface area (Å²) < 4.78 is 4.99. The minimum Gasteiger partial charge on any atom is -0.423 e. The van der Waals surface area contributed by atoms with Gasteiger partial charge in [-0.2, -0.15) is 0 Å². The first kappa shape index (κ1) is 12.3. The fraction of sp³-hybridized carbons (Fsp3) is 0.231. The number of carbonyl (C=O) groups is 1. The maximum atomic E-state index is 11.0. The van der Waals surface area contributed by atoms with Crippen LogP contribution in [0.1, 0.15) is 12.0 Å². The Morgan fingerprint density at radius 3 is 2.44 bits per heavy atom. The van der Waals surface area contributed by atoms with Crippen molar-refractivity contribution in [3.05, 3.63) is 40.2 Å². The molecule has 1 saturated carbocycles. The highest BCUT2D eigenvalue weighted by atomic mass is 16.4. The molecule has 0 saturated heterocycles. The van der Waals surface area contributed by atoms with Gasteiger partial charge in [-0.15, -0.1) is 0 Å². The van der Waals surface area contributed by atoms with Crippen LogP contribution in [0.3, 0.4) is 0 Å². The molecule has 1 fully saturated rings. The number of hydrogen-bond acceptors (Lipinski definition) is 5. The van der Waals surface area contributed by atoms with Gasteiger partial charge in [0.2, 0.25) is 0 Å². The Hall–Kier alpha value is -2.14. The van der Waals surface area contributed by atoms with Crippen molar-refractivity contribution in [1.82, 2.24) is 0 Å². The number of anilines is 1. The van der Waals surface area contributed by atoms with Crippen LogP contribution in [0.4, 0.5) is 5.69 Å². The van der Waals surface area contributed by atoms with Crippen LogP contribution >= 0.6 is 0 Å². The second-order valence-electron chi connectivity index (χ2n) is 4.28. The monoisotopic (exact) mass is 246 g/mol. The summed E-state index contributed by atoms with van der Waals surface area (Å²) in [6.45, 7) is 1.87. The van der Waals surface area contributed by atoms with Crippen LogP contribution in [0.15, 0.2) is 33.5 Å². The number of nitrogens with two attached hydrogens (primary N) is 2. The molecule has 1 aromatic heterocycles. The van der Waals surface area contributed by atoms with Gasteiger partial charge in [0.05, 0.1) is 6.04 Å². The summed E-state index contributed by atoms with van der Waals surface area (Å²) >= 11 is 0. The predicted molar refractivity (Wildman–Crippen MR) is 69.2 cm³/mol. The highest BCUT2D eigenvalue weighted by molar-refractivity contribution is 5.99. The number of hydrogen-bond donors (Lipinski definition) is 2. The Morgan fingerprint density at radius 1 is 1.28 bits per heavy atom. The number of ketones is 1. The smallest absolute Gasteiger partial charge is 0.336 e. The third-order valence-corrected chi connectivity index (χ3v) is 2.65. The molecular formula is C13H14N2O3. The molecule has 1 aromatic carbocycles. The maximum Gasteiger partial charge on any atom is 0.336 e. The van der Waals surface area contributed by atoms with Gasteiger partial charge in [0.1, 0.15) is 5.58 Å². The average molecular weight is 246 g/mol. The van der Waals surface area contributed by atoms with Crippen molar-refractivity contribution < 1.29 is 9.21 Å². The Balaban J connectivity index is 0.000000202. The van der Waals surface area contributed by atoms with E-state index in [2.05, 4.69) is 0 Å². The van der Waals surface area contributed by atoms with Gasteiger partial charge in [-0.3, -0.25) is 4.79 Å². The molecule has 1 heterocycles. The van der Waals surface area contributed by atoms with E-state index >= 15 is 0 Å². The second kappa shape index (κ2) is 4.62. The maximum absolute atomic E-state index is 11.0. The highest BCUT2D eigenvalue weighted by Gasteiger charge is 2.29. The zero-order chi connectivity index (χ0) is 13.3. The molecule has 2 aromatic rings. The van der Waals surface area contributed by atoms with Crippen molar-refractivity contribution in [2.24, 2.45) is 5.73 Å². The fourth-order valence-corrected chi connectivity index (χ4v) is 1.50. The van der Waals surface area contributed by atoms with Gasteiger partial charge in [-0.1, -0.05) is 0 Å². The fourth-order valence-electron chi connectivity index (χ4n) is 1.50. The first-order chi connectivity index (χ1) is 8.47. The quantitative estimate of drug-likeness (QED) is 0.533. The molecule has 1 aliphatic rings. The molecule has 18 heavy (non-hydrogen) atoms. The highest BCUT2D eigenvalue weighted by Crippen LogP contribution is 2.18. The summed E-state index contributed by atoms with van der Waals surface area (Å²) in [5.74, 6) is 0.199. The van der Waals surface area contributed by atoms with Gasteiger partial charge in [0, 0.05) is 29.6 Å². The van der Waals surface area contributed by atoms with Gasteiger partial charge in [-0.25, -0.2) is 4.79 Å². The minimum absolute atomic E-state index is 0.0880. The molecule has 0 bridgehead atoms. The number of aryl methyl sites for hydroxylation is 1. The van der Waals surface area contributed by atoms with Gasteiger partial charge in [0.25, 0.3) is 0 Å². The second-order valence-corrected chi connectivity index (χ2v) is 4.28. The third kappa shape index (κ3) is 2.75. The molecule has 0 aliphatic heterocycles. The molecule has 3 rings (SSSR count). The van der Waals surface area contributed by atoms with E-state index in [0.29, 0.717) is 17.7 Å². The molecule has 0 spiro atoms. The van der Waals surface area contributed by atoms with Crippen LogP contribution in [0, 0.1) is 6.92 Å². The summed E-state index contributed by atoms with van der Waals surface area (Å²) in [7, 11) is 0. The van der Waals surface area contributed by atoms with Crippen LogP contribution in [-0.2, 0) is 4.79 Å². The molecule has 5 heteroatoms. The predicted octanol–water partition coefficient (Wildman–Crippen LogP) is 0.970. The van der Waals surface area contributed by atoms with E-state index < -0.39 is 0 Å². The van der Waals surface area contributed by atoms with E-state index in [-0.39, 0.29) is 17.5 Å². The van der Waals surface area contributed by atoms with Crippen molar-refractivity contribution in [1.29, 1.82) is 0 Å². The van der Waals surface area contributed by atoms with E-state index in [0.717, 1.165) is 10.9 Å². The standard InChI is InChI=1S/C10H9NO2.C3H5NO/c1-6-4-10(12)13-9-5-7(11)2-3-8(6)9;4-2-1-3(2)5/h2-5H,11H2,1H3;2H,1,4H2. The van der Waals surface area contributed by atoms with E-state index in [4.69, 9.17) is 15.9 Å². The van der Waals surface area contributed by atoms with Crippen LogP contribution in [-0.4, -0.2) is 11.8 Å². The van der Waals surface area contributed by atoms with Gasteiger partial charge in [0.15, 0.2) is 5.78 Å². The van der Waals surface area contributed by atoms with Gasteiger partial charge >= 0.3 is 5.63 Å². The summed E-state index contributed by atoms with van der Waals surface area (Å²) in [6, 6.07) is 6.68. The molecule has 4 N–H and O–H groups in total. The summed E-state index contributed by atoms with van der Waals surface area (Å²) in [6.07, 6.45) is 0.611. The number of benzene rings is 1. The van der Waals surface area contributed by atoms with Gasteiger partial charge in [-0.05, 0) is 24.6 Å². The largest absolute Gasteiger partial charge is 0.423 e.